The lowest BCUT2D eigenvalue weighted by molar-refractivity contribution is -0.129. The molecule has 2 aromatic rings. The van der Waals surface area contributed by atoms with Crippen LogP contribution >= 0.6 is 11.6 Å². The molecule has 26 heavy (non-hydrogen) atoms. The van der Waals surface area contributed by atoms with Crippen molar-refractivity contribution in [2.45, 2.75) is 23.8 Å². The Hall–Kier alpha value is -2.05. The van der Waals surface area contributed by atoms with Gasteiger partial charge < -0.3 is 9.64 Å². The molecule has 1 saturated heterocycles. The summed E-state index contributed by atoms with van der Waals surface area (Å²) in [5, 5.41) is 0.452. The van der Waals surface area contributed by atoms with Crippen molar-refractivity contribution in [3.05, 3.63) is 59.1 Å². The zero-order valence-electron chi connectivity index (χ0n) is 14.4. The molecule has 0 radical (unpaired) electrons. The third-order valence-electron chi connectivity index (χ3n) is 4.54. The SMILES string of the molecule is COc1cccc(C2CCCN2C(=O)CS(=O)(=O)c2ccc(Cl)cc2)c1. The number of hydrogen-bond donors (Lipinski definition) is 0. The lowest BCUT2D eigenvalue weighted by Crippen LogP contribution is -2.35. The van der Waals surface area contributed by atoms with E-state index in [9.17, 15) is 13.2 Å². The summed E-state index contributed by atoms with van der Waals surface area (Å²) in [4.78, 5) is 14.5. The number of nitrogens with zero attached hydrogens (tertiary/aromatic N) is 1. The molecule has 0 aromatic heterocycles. The Bertz CT molecular complexity index is 896. The summed E-state index contributed by atoms with van der Waals surface area (Å²) in [5.41, 5.74) is 0.957. The van der Waals surface area contributed by atoms with Crippen LogP contribution in [0.3, 0.4) is 0 Å². The summed E-state index contributed by atoms with van der Waals surface area (Å²) >= 11 is 5.80. The van der Waals surface area contributed by atoms with Gasteiger partial charge in [-0.1, -0.05) is 23.7 Å². The number of rotatable bonds is 5. The van der Waals surface area contributed by atoms with Crippen LogP contribution in [0.2, 0.25) is 5.02 Å². The van der Waals surface area contributed by atoms with Gasteiger partial charge in [0.1, 0.15) is 11.5 Å². The molecule has 1 unspecified atom stereocenters. The number of carbonyl (C=O) groups excluding carboxylic acids is 1. The van der Waals surface area contributed by atoms with Crippen molar-refractivity contribution in [3.63, 3.8) is 0 Å². The largest absolute Gasteiger partial charge is 0.497 e. The molecule has 1 amide bonds. The van der Waals surface area contributed by atoms with E-state index >= 15 is 0 Å². The summed E-state index contributed by atoms with van der Waals surface area (Å²) in [6.45, 7) is 0.552. The molecule has 5 nitrogen and oxygen atoms in total. The van der Waals surface area contributed by atoms with Crippen LogP contribution in [0, 0.1) is 0 Å². The number of hydrogen-bond acceptors (Lipinski definition) is 4. The second kappa shape index (κ2) is 7.68. The van der Waals surface area contributed by atoms with E-state index in [2.05, 4.69) is 0 Å². The number of benzene rings is 2. The van der Waals surface area contributed by atoms with E-state index < -0.39 is 15.6 Å². The minimum Gasteiger partial charge on any atom is -0.497 e. The van der Waals surface area contributed by atoms with Gasteiger partial charge >= 0.3 is 0 Å². The van der Waals surface area contributed by atoms with Gasteiger partial charge in [-0.3, -0.25) is 4.79 Å². The predicted octanol–water partition coefficient (Wildman–Crippen LogP) is 3.49. The molecule has 1 fully saturated rings. The Morgan fingerprint density at radius 1 is 1.23 bits per heavy atom. The highest BCUT2D eigenvalue weighted by molar-refractivity contribution is 7.92. The van der Waals surface area contributed by atoms with Gasteiger partial charge in [0.05, 0.1) is 18.0 Å². The summed E-state index contributed by atoms with van der Waals surface area (Å²) in [5.74, 6) is -0.212. The van der Waals surface area contributed by atoms with E-state index in [4.69, 9.17) is 16.3 Å². The zero-order chi connectivity index (χ0) is 18.7. The Labute approximate surface area is 158 Å². The summed E-state index contributed by atoms with van der Waals surface area (Å²) in [6.07, 6.45) is 1.65. The highest BCUT2D eigenvalue weighted by Gasteiger charge is 2.32. The summed E-state index contributed by atoms with van der Waals surface area (Å²) < 4.78 is 30.3. The fourth-order valence-corrected chi connectivity index (χ4v) is 4.57. The Morgan fingerprint density at radius 3 is 2.65 bits per heavy atom. The van der Waals surface area contributed by atoms with Gasteiger partial charge in [-0.15, -0.1) is 0 Å². The molecular weight excluding hydrogens is 374 g/mol. The third-order valence-corrected chi connectivity index (χ3v) is 6.41. The van der Waals surface area contributed by atoms with Crippen LogP contribution in [-0.2, 0) is 14.6 Å². The maximum Gasteiger partial charge on any atom is 0.238 e. The standard InChI is InChI=1S/C19H20ClNO4S/c1-25-16-5-2-4-14(12-16)18-6-3-11-21(18)19(22)13-26(23,24)17-9-7-15(20)8-10-17/h2,4-5,7-10,12,18H,3,6,11,13H2,1H3. The van der Waals surface area contributed by atoms with Crippen molar-refractivity contribution in [2.24, 2.45) is 0 Å². The lowest BCUT2D eigenvalue weighted by Gasteiger charge is -2.25. The van der Waals surface area contributed by atoms with Crippen LogP contribution in [0.25, 0.3) is 0 Å². The first-order valence-electron chi connectivity index (χ1n) is 8.32. The van der Waals surface area contributed by atoms with Crippen LogP contribution in [-0.4, -0.2) is 38.6 Å². The van der Waals surface area contributed by atoms with E-state index in [-0.39, 0.29) is 16.8 Å². The lowest BCUT2D eigenvalue weighted by atomic mass is 10.0. The predicted molar refractivity (Wildman–Crippen MR) is 100 cm³/mol. The number of ether oxygens (including phenoxy) is 1. The second-order valence-corrected chi connectivity index (χ2v) is 8.66. The minimum absolute atomic E-state index is 0.104. The maximum atomic E-state index is 12.7. The van der Waals surface area contributed by atoms with Gasteiger partial charge in [-0.25, -0.2) is 8.42 Å². The second-order valence-electron chi connectivity index (χ2n) is 6.23. The van der Waals surface area contributed by atoms with Crippen LogP contribution < -0.4 is 4.74 Å². The van der Waals surface area contributed by atoms with E-state index in [0.29, 0.717) is 11.6 Å². The van der Waals surface area contributed by atoms with Crippen molar-refractivity contribution in [1.29, 1.82) is 0 Å². The van der Waals surface area contributed by atoms with E-state index in [1.54, 1.807) is 12.0 Å². The number of likely N-dealkylation sites (tertiary alicyclic amines) is 1. The normalized spacial score (nSPS) is 17.3. The van der Waals surface area contributed by atoms with Crippen LogP contribution in [0.1, 0.15) is 24.4 Å². The topological polar surface area (TPSA) is 63.7 Å². The van der Waals surface area contributed by atoms with Crippen molar-refractivity contribution in [2.75, 3.05) is 19.4 Å². The molecule has 1 heterocycles. The molecule has 1 aliphatic heterocycles. The minimum atomic E-state index is -3.71. The molecule has 2 aromatic carbocycles. The van der Waals surface area contributed by atoms with E-state index in [1.807, 2.05) is 24.3 Å². The molecular formula is C19H20ClNO4S. The first kappa shape index (κ1) is 18.7. The first-order chi connectivity index (χ1) is 12.4. The van der Waals surface area contributed by atoms with Crippen LogP contribution in [0.4, 0.5) is 0 Å². The van der Waals surface area contributed by atoms with Crippen LogP contribution in [0.15, 0.2) is 53.4 Å². The quantitative estimate of drug-likeness (QED) is 0.780. The zero-order valence-corrected chi connectivity index (χ0v) is 16.0. The van der Waals surface area contributed by atoms with Crippen molar-refractivity contribution < 1.29 is 17.9 Å². The van der Waals surface area contributed by atoms with Crippen molar-refractivity contribution >= 4 is 27.3 Å². The number of methoxy groups -OCH3 is 1. The highest BCUT2D eigenvalue weighted by Crippen LogP contribution is 2.33. The van der Waals surface area contributed by atoms with Crippen molar-refractivity contribution in [3.8, 4) is 5.75 Å². The molecule has 0 N–H and O–H groups in total. The molecule has 7 heteroatoms. The highest BCUT2D eigenvalue weighted by atomic mass is 35.5. The van der Waals surface area contributed by atoms with Gasteiger partial charge in [-0.05, 0) is 54.8 Å². The number of halogens is 1. The molecule has 0 aliphatic carbocycles. The monoisotopic (exact) mass is 393 g/mol. The molecule has 138 valence electrons. The first-order valence-corrected chi connectivity index (χ1v) is 10.4. The van der Waals surface area contributed by atoms with Gasteiger partial charge in [-0.2, -0.15) is 0 Å². The Kier molecular flexibility index (Phi) is 5.53. The third kappa shape index (κ3) is 4.02. The van der Waals surface area contributed by atoms with Gasteiger partial charge in [0.25, 0.3) is 0 Å². The molecule has 3 rings (SSSR count). The number of amides is 1. The average molecular weight is 394 g/mol. The average Bonchev–Trinajstić information content (AvgIpc) is 3.12. The summed E-state index contributed by atoms with van der Waals surface area (Å²) in [6, 6.07) is 13.3. The smallest absolute Gasteiger partial charge is 0.238 e. The molecule has 0 spiro atoms. The van der Waals surface area contributed by atoms with Crippen LogP contribution in [0.5, 0.6) is 5.75 Å². The molecule has 0 bridgehead atoms. The Balaban J connectivity index is 1.79. The maximum absolute atomic E-state index is 12.7. The fourth-order valence-electron chi connectivity index (χ4n) is 3.23. The van der Waals surface area contributed by atoms with Gasteiger partial charge in [0.2, 0.25) is 5.91 Å². The van der Waals surface area contributed by atoms with Gasteiger partial charge in [0.15, 0.2) is 9.84 Å². The fraction of sp³-hybridized carbons (Fsp3) is 0.316. The molecule has 0 saturated carbocycles. The number of carbonyl (C=O) groups is 1. The molecule has 1 aliphatic rings. The number of sulfone groups is 1. The van der Waals surface area contributed by atoms with Gasteiger partial charge in [0, 0.05) is 11.6 Å². The summed E-state index contributed by atoms with van der Waals surface area (Å²) in [7, 11) is -2.11. The van der Waals surface area contributed by atoms with E-state index in [0.717, 1.165) is 24.2 Å². The van der Waals surface area contributed by atoms with E-state index in [1.165, 1.54) is 24.3 Å². The van der Waals surface area contributed by atoms with Crippen molar-refractivity contribution in [1.82, 2.24) is 4.90 Å². The molecule has 1 atom stereocenters. The Morgan fingerprint density at radius 2 is 1.96 bits per heavy atom.